The first-order chi connectivity index (χ1) is 11.7. The van der Waals surface area contributed by atoms with Gasteiger partial charge in [0.2, 0.25) is 0 Å². The van der Waals surface area contributed by atoms with E-state index in [0.717, 1.165) is 30.0 Å². The van der Waals surface area contributed by atoms with Gasteiger partial charge in [0, 0.05) is 25.0 Å². The lowest BCUT2D eigenvalue weighted by Gasteiger charge is -2.26. The fourth-order valence-corrected chi connectivity index (χ4v) is 3.99. The fourth-order valence-electron chi connectivity index (χ4n) is 3.99. The van der Waals surface area contributed by atoms with E-state index in [1.165, 1.54) is 31.5 Å². The van der Waals surface area contributed by atoms with Crippen LogP contribution in [0.15, 0.2) is 42.7 Å². The van der Waals surface area contributed by atoms with Crippen LogP contribution in [-0.4, -0.2) is 41.2 Å². The van der Waals surface area contributed by atoms with Gasteiger partial charge in [-0.2, -0.15) is 0 Å². The quantitative estimate of drug-likeness (QED) is 0.918. The van der Waals surface area contributed by atoms with E-state index in [9.17, 15) is 4.79 Å². The molecule has 1 aromatic heterocycles. The van der Waals surface area contributed by atoms with Crippen molar-refractivity contribution < 1.29 is 4.79 Å². The maximum Gasteiger partial charge on any atom is 0.325 e. The fraction of sp³-hybridized carbons (Fsp3) is 0.450. The number of nitrogens with one attached hydrogen (secondary N) is 1. The molecule has 2 bridgehead atoms. The van der Waals surface area contributed by atoms with Crippen LogP contribution in [-0.2, 0) is 0 Å². The number of piperidine rings is 1. The van der Waals surface area contributed by atoms with E-state index >= 15 is 0 Å². The van der Waals surface area contributed by atoms with E-state index in [1.54, 1.807) is 4.57 Å². The van der Waals surface area contributed by atoms with Crippen molar-refractivity contribution in [1.29, 1.82) is 0 Å². The van der Waals surface area contributed by atoms with Crippen molar-refractivity contribution in [2.45, 2.75) is 32.2 Å². The average molecular weight is 323 g/mol. The molecule has 0 spiro atoms. The predicted octanol–water partition coefficient (Wildman–Crippen LogP) is 3.51. The Morgan fingerprint density at radius 3 is 2.58 bits per heavy atom. The molecule has 5 rings (SSSR count). The summed E-state index contributed by atoms with van der Waals surface area (Å²) in [5, 5.41) is 3.23. The number of benzene rings is 1. The lowest BCUT2D eigenvalue weighted by molar-refractivity contribution is 0.217. The lowest BCUT2D eigenvalue weighted by Crippen LogP contribution is -2.43. The van der Waals surface area contributed by atoms with Gasteiger partial charge in [0.25, 0.3) is 0 Å². The average Bonchev–Trinajstić information content (AvgIpc) is 2.91. The standard InChI is InChI=1S/C20H25N3O/c1-15-2-4-17(5-3-15)18-8-11-23(13-18)20(24)21-19-12-16-6-9-22(14-19)10-7-16/h2-5,8,11,13,16,19H,6-7,9-10,12,14H2,1H3,(H,21,24). The van der Waals surface area contributed by atoms with E-state index in [1.807, 2.05) is 18.5 Å². The zero-order valence-electron chi connectivity index (χ0n) is 14.2. The van der Waals surface area contributed by atoms with Crippen molar-refractivity contribution >= 4 is 6.03 Å². The SMILES string of the molecule is Cc1ccc(-c2ccn(C(=O)NC3CC4CCN(CC4)C3)c2)cc1. The van der Waals surface area contributed by atoms with Gasteiger partial charge < -0.3 is 10.2 Å². The number of hydrogen-bond acceptors (Lipinski definition) is 2. The third-order valence-electron chi connectivity index (χ3n) is 5.44. The maximum absolute atomic E-state index is 12.6. The molecule has 1 amide bonds. The summed E-state index contributed by atoms with van der Waals surface area (Å²) in [5.41, 5.74) is 3.47. The van der Waals surface area contributed by atoms with E-state index < -0.39 is 0 Å². The van der Waals surface area contributed by atoms with E-state index in [-0.39, 0.29) is 12.1 Å². The second-order valence-corrected chi connectivity index (χ2v) is 7.30. The first kappa shape index (κ1) is 15.5. The molecule has 3 fully saturated rings. The molecule has 1 unspecified atom stereocenters. The van der Waals surface area contributed by atoms with Crippen LogP contribution in [0.2, 0.25) is 0 Å². The van der Waals surface area contributed by atoms with Gasteiger partial charge in [-0.15, -0.1) is 0 Å². The second kappa shape index (κ2) is 6.44. The molecule has 24 heavy (non-hydrogen) atoms. The maximum atomic E-state index is 12.6. The van der Waals surface area contributed by atoms with Gasteiger partial charge in [-0.05, 0) is 62.4 Å². The van der Waals surface area contributed by atoms with Crippen molar-refractivity contribution in [3.8, 4) is 11.1 Å². The van der Waals surface area contributed by atoms with Crippen LogP contribution in [0.25, 0.3) is 11.1 Å². The highest BCUT2D eigenvalue weighted by molar-refractivity contribution is 5.79. The van der Waals surface area contributed by atoms with Crippen LogP contribution < -0.4 is 5.32 Å². The summed E-state index contributed by atoms with van der Waals surface area (Å²) in [5.74, 6) is 0.779. The molecule has 2 aromatic rings. The molecule has 4 nitrogen and oxygen atoms in total. The summed E-state index contributed by atoms with van der Waals surface area (Å²) in [6.45, 7) is 5.46. The normalized spacial score (nSPS) is 26.1. The number of fused-ring (bicyclic) bond motifs is 4. The monoisotopic (exact) mass is 323 g/mol. The van der Waals surface area contributed by atoms with Crippen molar-refractivity contribution in [3.63, 3.8) is 0 Å². The first-order valence-electron chi connectivity index (χ1n) is 8.95. The van der Waals surface area contributed by atoms with Crippen LogP contribution in [0.5, 0.6) is 0 Å². The Labute approximate surface area is 143 Å². The summed E-state index contributed by atoms with van der Waals surface area (Å²) >= 11 is 0. The van der Waals surface area contributed by atoms with E-state index in [4.69, 9.17) is 0 Å². The van der Waals surface area contributed by atoms with Gasteiger partial charge in [-0.3, -0.25) is 4.57 Å². The Morgan fingerprint density at radius 1 is 1.08 bits per heavy atom. The number of aromatic nitrogens is 1. The number of carbonyl (C=O) groups excluding carboxylic acids is 1. The zero-order chi connectivity index (χ0) is 16.5. The minimum atomic E-state index is -0.0131. The Morgan fingerprint density at radius 2 is 1.83 bits per heavy atom. The lowest BCUT2D eigenvalue weighted by atomic mass is 9.94. The number of hydrogen-bond donors (Lipinski definition) is 1. The van der Waals surface area contributed by atoms with Crippen LogP contribution in [0.3, 0.4) is 0 Å². The number of nitrogens with zero attached hydrogens (tertiary/aromatic N) is 2. The molecule has 3 aliphatic rings. The number of carbonyl (C=O) groups is 1. The Hall–Kier alpha value is -2.07. The molecular weight excluding hydrogens is 298 g/mol. The van der Waals surface area contributed by atoms with Crippen LogP contribution in [0, 0.1) is 12.8 Å². The van der Waals surface area contributed by atoms with E-state index in [2.05, 4.69) is 41.4 Å². The molecule has 3 saturated heterocycles. The zero-order valence-corrected chi connectivity index (χ0v) is 14.2. The first-order valence-corrected chi connectivity index (χ1v) is 8.95. The third kappa shape index (κ3) is 3.24. The summed E-state index contributed by atoms with van der Waals surface area (Å²) in [4.78, 5) is 15.1. The van der Waals surface area contributed by atoms with Crippen molar-refractivity contribution in [2.75, 3.05) is 19.6 Å². The smallest absolute Gasteiger partial charge is 0.325 e. The van der Waals surface area contributed by atoms with Gasteiger partial charge in [-0.1, -0.05) is 29.8 Å². The van der Waals surface area contributed by atoms with Gasteiger partial charge >= 0.3 is 6.03 Å². The van der Waals surface area contributed by atoms with Crippen molar-refractivity contribution in [1.82, 2.24) is 14.8 Å². The molecule has 3 aliphatic heterocycles. The van der Waals surface area contributed by atoms with Crippen LogP contribution in [0.1, 0.15) is 24.8 Å². The molecule has 4 heteroatoms. The predicted molar refractivity (Wildman–Crippen MR) is 96.1 cm³/mol. The minimum Gasteiger partial charge on any atom is -0.333 e. The molecule has 1 N–H and O–H groups in total. The van der Waals surface area contributed by atoms with Crippen LogP contribution >= 0.6 is 0 Å². The molecule has 1 aromatic carbocycles. The minimum absolute atomic E-state index is 0.0131. The summed E-state index contributed by atoms with van der Waals surface area (Å²) in [6.07, 6.45) is 7.47. The molecule has 0 radical (unpaired) electrons. The Bertz CT molecular complexity index is 697. The molecule has 0 aliphatic carbocycles. The Kier molecular flexibility index (Phi) is 4.15. The van der Waals surface area contributed by atoms with Gasteiger partial charge in [0.1, 0.15) is 0 Å². The highest BCUT2D eigenvalue weighted by Gasteiger charge is 2.29. The van der Waals surface area contributed by atoms with Gasteiger partial charge in [0.05, 0.1) is 0 Å². The van der Waals surface area contributed by atoms with Crippen molar-refractivity contribution in [2.24, 2.45) is 5.92 Å². The Balaban J connectivity index is 1.44. The van der Waals surface area contributed by atoms with Gasteiger partial charge in [0.15, 0.2) is 0 Å². The molecule has 0 saturated carbocycles. The summed E-state index contributed by atoms with van der Waals surface area (Å²) in [7, 11) is 0. The number of aryl methyl sites for hydroxylation is 1. The highest BCUT2D eigenvalue weighted by Crippen LogP contribution is 2.27. The van der Waals surface area contributed by atoms with Crippen molar-refractivity contribution in [3.05, 3.63) is 48.3 Å². The third-order valence-corrected chi connectivity index (χ3v) is 5.44. The van der Waals surface area contributed by atoms with Gasteiger partial charge in [-0.25, -0.2) is 4.79 Å². The molecule has 126 valence electrons. The highest BCUT2D eigenvalue weighted by atomic mass is 16.2. The summed E-state index contributed by atoms with van der Waals surface area (Å²) in [6, 6.07) is 10.7. The summed E-state index contributed by atoms with van der Waals surface area (Å²) < 4.78 is 1.68. The number of amides is 1. The number of rotatable bonds is 2. The molecular formula is C20H25N3O. The molecule has 1 atom stereocenters. The second-order valence-electron chi connectivity index (χ2n) is 7.30. The topological polar surface area (TPSA) is 37.3 Å². The molecule has 4 heterocycles. The largest absolute Gasteiger partial charge is 0.333 e. The van der Waals surface area contributed by atoms with E-state index in [0.29, 0.717) is 0 Å². The van der Waals surface area contributed by atoms with Crippen LogP contribution in [0.4, 0.5) is 4.79 Å².